The molecule has 0 bridgehead atoms. The SMILES string of the molecule is Cc1nc(NN)c(C)c(Sc2nnc(C)n2C)n1. The van der Waals surface area contributed by atoms with Crippen LogP contribution in [0.3, 0.4) is 0 Å². The van der Waals surface area contributed by atoms with Gasteiger partial charge in [0, 0.05) is 12.6 Å². The Kier molecular flexibility index (Phi) is 3.48. The maximum Gasteiger partial charge on any atom is 0.197 e. The zero-order chi connectivity index (χ0) is 13.3. The molecule has 0 saturated heterocycles. The highest BCUT2D eigenvalue weighted by Gasteiger charge is 2.13. The Balaban J connectivity index is 2.40. The number of rotatable bonds is 3. The molecule has 2 rings (SSSR count). The summed E-state index contributed by atoms with van der Waals surface area (Å²) in [5.74, 6) is 7.58. The van der Waals surface area contributed by atoms with Gasteiger partial charge in [-0.05, 0) is 32.5 Å². The quantitative estimate of drug-likeness (QED) is 0.485. The smallest absolute Gasteiger partial charge is 0.197 e. The summed E-state index contributed by atoms with van der Waals surface area (Å²) >= 11 is 1.45. The molecule has 0 aliphatic carbocycles. The molecular formula is C10H15N7S. The fourth-order valence-electron chi connectivity index (χ4n) is 1.41. The average Bonchev–Trinajstić information content (AvgIpc) is 2.65. The third-order valence-corrected chi connectivity index (χ3v) is 3.72. The maximum absolute atomic E-state index is 5.43. The Bertz CT molecular complexity index is 578. The molecule has 0 amide bonds. The van der Waals surface area contributed by atoms with Crippen LogP contribution in [0.15, 0.2) is 10.2 Å². The van der Waals surface area contributed by atoms with Gasteiger partial charge in [0.25, 0.3) is 0 Å². The molecule has 2 aromatic heterocycles. The first kappa shape index (κ1) is 12.8. The van der Waals surface area contributed by atoms with E-state index in [1.54, 1.807) is 0 Å². The lowest BCUT2D eigenvalue weighted by Crippen LogP contribution is -2.12. The van der Waals surface area contributed by atoms with Gasteiger partial charge in [0.2, 0.25) is 0 Å². The highest BCUT2D eigenvalue weighted by Crippen LogP contribution is 2.29. The Hall–Kier alpha value is -1.67. The second-order valence-corrected chi connectivity index (χ2v) is 4.84. The minimum absolute atomic E-state index is 0.629. The number of hydrogen-bond donors (Lipinski definition) is 2. The Labute approximate surface area is 109 Å². The van der Waals surface area contributed by atoms with Crippen LogP contribution in [0, 0.1) is 20.8 Å². The first-order valence-corrected chi connectivity index (χ1v) is 6.20. The van der Waals surface area contributed by atoms with Crippen LogP contribution in [0.1, 0.15) is 17.2 Å². The molecule has 0 aliphatic rings. The van der Waals surface area contributed by atoms with E-state index in [9.17, 15) is 0 Å². The minimum Gasteiger partial charge on any atom is -0.309 e. The van der Waals surface area contributed by atoms with E-state index in [1.165, 1.54) is 11.8 Å². The normalized spacial score (nSPS) is 10.7. The van der Waals surface area contributed by atoms with Crippen LogP contribution in [-0.2, 0) is 7.05 Å². The van der Waals surface area contributed by atoms with E-state index in [-0.39, 0.29) is 0 Å². The Morgan fingerprint density at radius 1 is 1.17 bits per heavy atom. The molecule has 0 fully saturated rings. The molecule has 0 aliphatic heterocycles. The fraction of sp³-hybridized carbons (Fsp3) is 0.400. The Morgan fingerprint density at radius 2 is 1.89 bits per heavy atom. The number of anilines is 1. The summed E-state index contributed by atoms with van der Waals surface area (Å²) in [6.07, 6.45) is 0. The van der Waals surface area contributed by atoms with E-state index in [1.807, 2.05) is 32.4 Å². The summed E-state index contributed by atoms with van der Waals surface area (Å²) in [4.78, 5) is 8.62. The lowest BCUT2D eigenvalue weighted by atomic mass is 10.3. The standard InChI is InChI=1S/C10H15N7S/c1-5-8(14-11)12-6(2)13-9(5)18-10-16-15-7(3)17(10)4/h11H2,1-4H3,(H,12,13,14). The first-order chi connectivity index (χ1) is 8.52. The van der Waals surface area contributed by atoms with Gasteiger partial charge in [0.15, 0.2) is 5.16 Å². The predicted molar refractivity (Wildman–Crippen MR) is 69.2 cm³/mol. The Morgan fingerprint density at radius 3 is 2.44 bits per heavy atom. The molecule has 96 valence electrons. The van der Waals surface area contributed by atoms with Crippen molar-refractivity contribution < 1.29 is 0 Å². The molecule has 0 aromatic carbocycles. The largest absolute Gasteiger partial charge is 0.309 e. The number of aromatic nitrogens is 5. The number of nitrogen functional groups attached to an aromatic ring is 1. The van der Waals surface area contributed by atoms with E-state index in [0.717, 1.165) is 21.6 Å². The van der Waals surface area contributed by atoms with Gasteiger partial charge >= 0.3 is 0 Å². The van der Waals surface area contributed by atoms with Crippen LogP contribution in [0.25, 0.3) is 0 Å². The second kappa shape index (κ2) is 4.91. The molecule has 0 atom stereocenters. The van der Waals surface area contributed by atoms with Gasteiger partial charge < -0.3 is 9.99 Å². The van der Waals surface area contributed by atoms with Gasteiger partial charge in [-0.1, -0.05) is 0 Å². The van der Waals surface area contributed by atoms with Crippen LogP contribution < -0.4 is 11.3 Å². The van der Waals surface area contributed by atoms with Crippen molar-refractivity contribution in [3.05, 3.63) is 17.2 Å². The molecule has 0 radical (unpaired) electrons. The van der Waals surface area contributed by atoms with Gasteiger partial charge in [0.1, 0.15) is 22.5 Å². The third-order valence-electron chi connectivity index (χ3n) is 2.59. The predicted octanol–water partition coefficient (Wildman–Crippen LogP) is 0.967. The minimum atomic E-state index is 0.629. The van der Waals surface area contributed by atoms with Crippen LogP contribution in [0.4, 0.5) is 5.82 Å². The van der Waals surface area contributed by atoms with Gasteiger partial charge in [-0.15, -0.1) is 10.2 Å². The van der Waals surface area contributed by atoms with Crippen LogP contribution in [0.5, 0.6) is 0 Å². The van der Waals surface area contributed by atoms with E-state index >= 15 is 0 Å². The highest BCUT2D eigenvalue weighted by molar-refractivity contribution is 7.99. The van der Waals surface area contributed by atoms with Crippen molar-refractivity contribution in [1.29, 1.82) is 0 Å². The number of hydrazine groups is 1. The number of hydrogen-bond acceptors (Lipinski definition) is 7. The topological polar surface area (TPSA) is 94.5 Å². The summed E-state index contributed by atoms with van der Waals surface area (Å²) in [6, 6.07) is 0. The van der Waals surface area contributed by atoms with Crippen LogP contribution >= 0.6 is 11.8 Å². The van der Waals surface area contributed by atoms with Gasteiger partial charge in [-0.2, -0.15) is 0 Å². The molecule has 3 N–H and O–H groups in total. The molecular weight excluding hydrogens is 250 g/mol. The van der Waals surface area contributed by atoms with E-state index < -0.39 is 0 Å². The fourth-order valence-corrected chi connectivity index (χ4v) is 2.36. The van der Waals surface area contributed by atoms with Crippen molar-refractivity contribution in [2.24, 2.45) is 12.9 Å². The van der Waals surface area contributed by atoms with Crippen molar-refractivity contribution >= 4 is 17.6 Å². The first-order valence-electron chi connectivity index (χ1n) is 5.38. The molecule has 2 aromatic rings. The highest BCUT2D eigenvalue weighted by atomic mass is 32.2. The second-order valence-electron chi connectivity index (χ2n) is 3.88. The maximum atomic E-state index is 5.43. The number of nitrogens with two attached hydrogens (primary N) is 1. The molecule has 7 nitrogen and oxygen atoms in total. The molecule has 8 heteroatoms. The van der Waals surface area contributed by atoms with Crippen LogP contribution in [-0.4, -0.2) is 24.7 Å². The molecule has 0 unspecified atom stereocenters. The number of aryl methyl sites for hydroxylation is 2. The van der Waals surface area contributed by atoms with Gasteiger partial charge in [0.05, 0.1) is 0 Å². The lowest BCUT2D eigenvalue weighted by Gasteiger charge is -2.09. The summed E-state index contributed by atoms with van der Waals surface area (Å²) in [5.41, 5.74) is 3.47. The lowest BCUT2D eigenvalue weighted by molar-refractivity contribution is 0.763. The zero-order valence-corrected chi connectivity index (χ0v) is 11.5. The third kappa shape index (κ3) is 2.29. The summed E-state index contributed by atoms with van der Waals surface area (Å²) in [6.45, 7) is 5.65. The monoisotopic (exact) mass is 265 g/mol. The van der Waals surface area contributed by atoms with Crippen molar-refractivity contribution in [1.82, 2.24) is 24.7 Å². The van der Waals surface area contributed by atoms with E-state index in [2.05, 4.69) is 25.6 Å². The van der Waals surface area contributed by atoms with Crippen molar-refractivity contribution in [2.45, 2.75) is 31.0 Å². The molecule has 2 heterocycles. The summed E-state index contributed by atoms with van der Waals surface area (Å²) in [5, 5.41) is 9.73. The molecule has 18 heavy (non-hydrogen) atoms. The summed E-state index contributed by atoms with van der Waals surface area (Å²) < 4.78 is 1.91. The zero-order valence-electron chi connectivity index (χ0n) is 10.7. The van der Waals surface area contributed by atoms with E-state index in [4.69, 9.17) is 5.84 Å². The van der Waals surface area contributed by atoms with Gasteiger partial charge in [-0.25, -0.2) is 15.8 Å². The molecule has 0 spiro atoms. The van der Waals surface area contributed by atoms with Crippen molar-refractivity contribution in [3.8, 4) is 0 Å². The molecule has 0 saturated carbocycles. The van der Waals surface area contributed by atoms with Gasteiger partial charge in [-0.3, -0.25) is 0 Å². The number of nitrogens with one attached hydrogen (secondary N) is 1. The average molecular weight is 265 g/mol. The summed E-state index contributed by atoms with van der Waals surface area (Å²) in [7, 11) is 1.92. The number of nitrogens with zero attached hydrogens (tertiary/aromatic N) is 5. The van der Waals surface area contributed by atoms with E-state index in [0.29, 0.717) is 11.6 Å². The van der Waals surface area contributed by atoms with Crippen molar-refractivity contribution in [2.75, 3.05) is 5.43 Å². The van der Waals surface area contributed by atoms with Crippen molar-refractivity contribution in [3.63, 3.8) is 0 Å². The van der Waals surface area contributed by atoms with Crippen LogP contribution in [0.2, 0.25) is 0 Å².